The van der Waals surface area contributed by atoms with Gasteiger partial charge in [0.25, 0.3) is 5.91 Å². The highest BCUT2D eigenvalue weighted by molar-refractivity contribution is 6.35. The molecule has 2 aromatic carbocycles. The van der Waals surface area contributed by atoms with E-state index >= 15 is 0 Å². The molecule has 30 heavy (non-hydrogen) atoms. The molecule has 0 aliphatic carbocycles. The van der Waals surface area contributed by atoms with Crippen LogP contribution >= 0.6 is 34.8 Å². The van der Waals surface area contributed by atoms with Crippen molar-refractivity contribution in [2.45, 2.75) is 45.8 Å². The molecule has 0 saturated carbocycles. The zero-order chi connectivity index (χ0) is 22.3. The van der Waals surface area contributed by atoms with Crippen LogP contribution in [0, 0.1) is 0 Å². The molecule has 0 spiro atoms. The molecule has 1 N–H and O–H groups in total. The van der Waals surface area contributed by atoms with Gasteiger partial charge in [-0.15, -0.1) is 0 Å². The van der Waals surface area contributed by atoms with Crippen LogP contribution in [0.25, 0.3) is 0 Å². The van der Waals surface area contributed by atoms with Crippen molar-refractivity contribution in [1.29, 1.82) is 0 Å². The molecular weight excluding hydrogens is 447 g/mol. The molecule has 2 rings (SSSR count). The lowest BCUT2D eigenvalue weighted by Gasteiger charge is -2.30. The number of para-hydroxylation sites is 1. The van der Waals surface area contributed by atoms with Crippen molar-refractivity contribution in [3.63, 3.8) is 0 Å². The second kappa shape index (κ2) is 11.4. The molecule has 0 heterocycles. The number of nitrogens with zero attached hydrogens (tertiary/aromatic N) is 1. The Bertz CT molecular complexity index is 892. The lowest BCUT2D eigenvalue weighted by atomic mass is 10.1. The Morgan fingerprint density at radius 2 is 1.77 bits per heavy atom. The molecule has 0 aromatic heterocycles. The lowest BCUT2D eigenvalue weighted by molar-refractivity contribution is -0.142. The highest BCUT2D eigenvalue weighted by atomic mass is 35.5. The predicted octanol–water partition coefficient (Wildman–Crippen LogP) is 5.36. The van der Waals surface area contributed by atoms with Gasteiger partial charge in [-0.3, -0.25) is 9.59 Å². The standard InChI is InChI=1S/C22H25Cl3N2O3/c1-4-14(2)26-22(29)15(3)27(12-16-9-10-17(23)11-19(16)25)21(28)13-30-20-8-6-5-7-18(20)24/h5-11,14-15H,4,12-13H2,1-3H3,(H,26,29). The van der Waals surface area contributed by atoms with E-state index in [2.05, 4.69) is 5.32 Å². The van der Waals surface area contributed by atoms with E-state index < -0.39 is 6.04 Å². The molecule has 0 aliphatic heterocycles. The molecule has 8 heteroatoms. The van der Waals surface area contributed by atoms with E-state index in [1.807, 2.05) is 13.8 Å². The Morgan fingerprint density at radius 3 is 2.40 bits per heavy atom. The first-order valence-corrected chi connectivity index (χ1v) is 10.8. The molecular formula is C22H25Cl3N2O3. The zero-order valence-electron chi connectivity index (χ0n) is 17.1. The van der Waals surface area contributed by atoms with E-state index in [0.29, 0.717) is 26.4 Å². The molecule has 162 valence electrons. The van der Waals surface area contributed by atoms with Crippen molar-refractivity contribution in [2.75, 3.05) is 6.61 Å². The summed E-state index contributed by atoms with van der Waals surface area (Å²) in [5, 5.41) is 4.22. The van der Waals surface area contributed by atoms with Gasteiger partial charge < -0.3 is 15.0 Å². The van der Waals surface area contributed by atoms with E-state index in [9.17, 15) is 9.59 Å². The summed E-state index contributed by atoms with van der Waals surface area (Å²) in [5.74, 6) is -0.220. The number of hydrogen-bond acceptors (Lipinski definition) is 3. The highest BCUT2D eigenvalue weighted by Gasteiger charge is 2.27. The summed E-state index contributed by atoms with van der Waals surface area (Å²) in [7, 11) is 0. The molecule has 0 aliphatic rings. The molecule has 0 saturated heterocycles. The van der Waals surface area contributed by atoms with Gasteiger partial charge in [-0.1, -0.05) is 59.9 Å². The van der Waals surface area contributed by atoms with Gasteiger partial charge in [-0.25, -0.2) is 0 Å². The summed E-state index contributed by atoms with van der Waals surface area (Å²) in [6, 6.07) is 11.2. The first kappa shape index (κ1) is 24.3. The van der Waals surface area contributed by atoms with Gasteiger partial charge in [-0.2, -0.15) is 0 Å². The van der Waals surface area contributed by atoms with E-state index in [-0.39, 0.29) is 31.0 Å². The minimum Gasteiger partial charge on any atom is -0.482 e. The summed E-state index contributed by atoms with van der Waals surface area (Å²) >= 11 is 18.4. The van der Waals surface area contributed by atoms with Gasteiger partial charge in [0.15, 0.2) is 6.61 Å². The van der Waals surface area contributed by atoms with Crippen LogP contribution in [0.15, 0.2) is 42.5 Å². The predicted molar refractivity (Wildman–Crippen MR) is 121 cm³/mol. The van der Waals surface area contributed by atoms with Crippen LogP contribution in [0.2, 0.25) is 15.1 Å². The third-order valence-corrected chi connectivity index (χ3v) is 5.61. The van der Waals surface area contributed by atoms with Crippen molar-refractivity contribution in [1.82, 2.24) is 10.2 Å². The highest BCUT2D eigenvalue weighted by Crippen LogP contribution is 2.25. The first-order valence-electron chi connectivity index (χ1n) is 9.64. The van der Waals surface area contributed by atoms with Crippen LogP contribution < -0.4 is 10.1 Å². The fourth-order valence-corrected chi connectivity index (χ4v) is 3.32. The molecule has 2 amide bonds. The van der Waals surface area contributed by atoms with Crippen LogP contribution in [-0.2, 0) is 16.1 Å². The Morgan fingerprint density at radius 1 is 1.07 bits per heavy atom. The number of carbonyl (C=O) groups is 2. The summed E-state index contributed by atoms with van der Waals surface area (Å²) < 4.78 is 5.59. The summed E-state index contributed by atoms with van der Waals surface area (Å²) in [6.07, 6.45) is 0.783. The van der Waals surface area contributed by atoms with E-state index in [1.165, 1.54) is 4.90 Å². The van der Waals surface area contributed by atoms with Crippen LogP contribution in [0.5, 0.6) is 5.75 Å². The smallest absolute Gasteiger partial charge is 0.261 e. The SMILES string of the molecule is CCC(C)NC(=O)C(C)N(Cc1ccc(Cl)cc1Cl)C(=O)COc1ccccc1Cl. The van der Waals surface area contributed by atoms with E-state index in [1.54, 1.807) is 49.4 Å². The molecule has 0 radical (unpaired) electrons. The van der Waals surface area contributed by atoms with Crippen molar-refractivity contribution < 1.29 is 14.3 Å². The Balaban J connectivity index is 2.21. The largest absolute Gasteiger partial charge is 0.482 e. The monoisotopic (exact) mass is 470 g/mol. The maximum atomic E-state index is 13.0. The molecule has 2 atom stereocenters. The summed E-state index contributed by atoms with van der Waals surface area (Å²) in [4.78, 5) is 27.1. The number of hydrogen-bond donors (Lipinski definition) is 1. The average Bonchev–Trinajstić information content (AvgIpc) is 2.71. The second-order valence-electron chi connectivity index (χ2n) is 6.97. The molecule has 2 aromatic rings. The maximum absolute atomic E-state index is 13.0. The van der Waals surface area contributed by atoms with Crippen LogP contribution in [0.4, 0.5) is 0 Å². The second-order valence-corrected chi connectivity index (χ2v) is 8.22. The van der Waals surface area contributed by atoms with Crippen molar-refractivity contribution in [3.05, 3.63) is 63.1 Å². The normalized spacial score (nSPS) is 12.7. The third-order valence-electron chi connectivity index (χ3n) is 4.71. The Hall–Kier alpha value is -1.95. The van der Waals surface area contributed by atoms with Gasteiger partial charge in [-0.05, 0) is 50.1 Å². The minimum atomic E-state index is -0.729. The van der Waals surface area contributed by atoms with Gasteiger partial charge >= 0.3 is 0 Å². The number of ether oxygens (including phenoxy) is 1. The molecule has 5 nitrogen and oxygen atoms in total. The quantitative estimate of drug-likeness (QED) is 0.536. The number of benzene rings is 2. The summed E-state index contributed by atoms with van der Waals surface area (Å²) in [5.41, 5.74) is 0.676. The van der Waals surface area contributed by atoms with Gasteiger partial charge in [0.2, 0.25) is 5.91 Å². The summed E-state index contributed by atoms with van der Waals surface area (Å²) in [6.45, 7) is 5.43. The molecule has 0 bridgehead atoms. The molecule has 0 fully saturated rings. The van der Waals surface area contributed by atoms with Gasteiger partial charge in [0.1, 0.15) is 11.8 Å². The number of halogens is 3. The van der Waals surface area contributed by atoms with Crippen molar-refractivity contribution >= 4 is 46.6 Å². The number of carbonyl (C=O) groups excluding carboxylic acids is 2. The molecule has 2 unspecified atom stereocenters. The lowest BCUT2D eigenvalue weighted by Crippen LogP contribution is -2.50. The van der Waals surface area contributed by atoms with Crippen LogP contribution in [0.1, 0.15) is 32.8 Å². The number of amides is 2. The Kier molecular flexibility index (Phi) is 9.28. The van der Waals surface area contributed by atoms with Crippen LogP contribution in [-0.4, -0.2) is 35.4 Å². The third kappa shape index (κ3) is 6.79. The van der Waals surface area contributed by atoms with Crippen molar-refractivity contribution in [3.8, 4) is 5.75 Å². The Labute approximate surface area is 192 Å². The van der Waals surface area contributed by atoms with Crippen LogP contribution in [0.3, 0.4) is 0 Å². The van der Waals surface area contributed by atoms with E-state index in [0.717, 1.165) is 6.42 Å². The fraction of sp³-hybridized carbons (Fsp3) is 0.364. The van der Waals surface area contributed by atoms with Gasteiger partial charge in [0, 0.05) is 22.6 Å². The zero-order valence-corrected chi connectivity index (χ0v) is 19.4. The van der Waals surface area contributed by atoms with Crippen molar-refractivity contribution in [2.24, 2.45) is 0 Å². The number of rotatable bonds is 9. The first-order chi connectivity index (χ1) is 14.2. The topological polar surface area (TPSA) is 58.6 Å². The number of nitrogens with one attached hydrogen (secondary N) is 1. The maximum Gasteiger partial charge on any atom is 0.261 e. The average molecular weight is 472 g/mol. The van der Waals surface area contributed by atoms with Gasteiger partial charge in [0.05, 0.1) is 5.02 Å². The minimum absolute atomic E-state index is 0.00426. The van der Waals surface area contributed by atoms with E-state index in [4.69, 9.17) is 39.5 Å². The fourth-order valence-electron chi connectivity index (χ4n) is 2.67.